The van der Waals surface area contributed by atoms with E-state index in [-0.39, 0.29) is 6.04 Å². The minimum absolute atomic E-state index is 0.377. The molecule has 0 saturated heterocycles. The van der Waals surface area contributed by atoms with Crippen molar-refractivity contribution in [1.29, 1.82) is 0 Å². The van der Waals surface area contributed by atoms with Crippen molar-refractivity contribution >= 4 is 5.91 Å². The number of amides is 1. The maximum absolute atomic E-state index is 12.0. The Hall–Kier alpha value is -2.21. The molecule has 6 nitrogen and oxygen atoms in total. The Morgan fingerprint density at radius 1 is 1.40 bits per heavy atom. The summed E-state index contributed by atoms with van der Waals surface area (Å²) in [6.07, 6.45) is -0.607. The summed E-state index contributed by atoms with van der Waals surface area (Å²) >= 11 is 0. The summed E-state index contributed by atoms with van der Waals surface area (Å²) < 4.78 is 4.90. The SMILES string of the molecule is CCC(NC(=O)C(O)c1ccccc1)c1noc(C)n1. The van der Waals surface area contributed by atoms with E-state index in [1.165, 1.54) is 0 Å². The lowest BCUT2D eigenvalue weighted by Crippen LogP contribution is -2.33. The highest BCUT2D eigenvalue weighted by Gasteiger charge is 2.23. The van der Waals surface area contributed by atoms with Gasteiger partial charge in [0.2, 0.25) is 5.89 Å². The van der Waals surface area contributed by atoms with Crippen LogP contribution in [0.2, 0.25) is 0 Å². The molecule has 0 radical (unpaired) electrons. The molecule has 0 aliphatic heterocycles. The zero-order chi connectivity index (χ0) is 14.5. The molecular weight excluding hydrogens is 258 g/mol. The normalized spacial score (nSPS) is 13.8. The minimum Gasteiger partial charge on any atom is -0.378 e. The summed E-state index contributed by atoms with van der Waals surface area (Å²) in [5.74, 6) is 0.375. The number of hydrogen-bond donors (Lipinski definition) is 2. The van der Waals surface area contributed by atoms with Crippen molar-refractivity contribution < 1.29 is 14.4 Å². The Morgan fingerprint density at radius 2 is 2.10 bits per heavy atom. The summed E-state index contributed by atoms with van der Waals surface area (Å²) in [7, 11) is 0. The maximum Gasteiger partial charge on any atom is 0.254 e. The molecule has 2 rings (SSSR count). The second-order valence-electron chi connectivity index (χ2n) is 4.45. The van der Waals surface area contributed by atoms with E-state index >= 15 is 0 Å². The third-order valence-electron chi connectivity index (χ3n) is 2.94. The number of hydrogen-bond acceptors (Lipinski definition) is 5. The van der Waals surface area contributed by atoms with Gasteiger partial charge in [0.15, 0.2) is 11.9 Å². The van der Waals surface area contributed by atoms with E-state index in [9.17, 15) is 9.90 Å². The molecule has 0 fully saturated rings. The zero-order valence-electron chi connectivity index (χ0n) is 11.4. The highest BCUT2D eigenvalue weighted by Crippen LogP contribution is 2.17. The Balaban J connectivity index is 2.06. The molecule has 2 aromatic rings. The van der Waals surface area contributed by atoms with Crippen molar-refractivity contribution in [3.8, 4) is 0 Å². The summed E-state index contributed by atoms with van der Waals surface area (Å²) in [5.41, 5.74) is 0.546. The smallest absolute Gasteiger partial charge is 0.254 e. The number of nitrogens with zero attached hydrogens (tertiary/aromatic N) is 2. The van der Waals surface area contributed by atoms with E-state index in [2.05, 4.69) is 15.5 Å². The third kappa shape index (κ3) is 3.21. The Morgan fingerprint density at radius 3 is 2.65 bits per heavy atom. The van der Waals surface area contributed by atoms with Crippen LogP contribution in [0, 0.1) is 6.92 Å². The molecule has 0 aliphatic rings. The number of aliphatic hydroxyl groups excluding tert-OH is 1. The van der Waals surface area contributed by atoms with E-state index in [1.54, 1.807) is 31.2 Å². The quantitative estimate of drug-likeness (QED) is 0.866. The van der Waals surface area contributed by atoms with Gasteiger partial charge in [0, 0.05) is 6.92 Å². The summed E-state index contributed by atoms with van der Waals surface area (Å²) in [6, 6.07) is 8.38. The first-order valence-electron chi connectivity index (χ1n) is 6.45. The van der Waals surface area contributed by atoms with E-state index in [1.807, 2.05) is 13.0 Å². The van der Waals surface area contributed by atoms with Crippen LogP contribution in [0.3, 0.4) is 0 Å². The molecule has 6 heteroatoms. The second kappa shape index (κ2) is 6.29. The largest absolute Gasteiger partial charge is 0.378 e. The number of carbonyl (C=O) groups is 1. The Bertz CT molecular complexity index is 568. The highest BCUT2D eigenvalue weighted by atomic mass is 16.5. The van der Waals surface area contributed by atoms with Gasteiger partial charge in [0.25, 0.3) is 5.91 Å². The molecule has 2 unspecified atom stereocenters. The van der Waals surface area contributed by atoms with Crippen molar-refractivity contribution in [1.82, 2.24) is 15.5 Å². The lowest BCUT2D eigenvalue weighted by molar-refractivity contribution is -0.130. The zero-order valence-corrected chi connectivity index (χ0v) is 11.4. The molecule has 0 aliphatic carbocycles. The molecule has 1 aromatic carbocycles. The summed E-state index contributed by atoms with van der Waals surface area (Å²) in [4.78, 5) is 16.1. The van der Waals surface area contributed by atoms with Crippen LogP contribution in [0.25, 0.3) is 0 Å². The monoisotopic (exact) mass is 275 g/mol. The second-order valence-corrected chi connectivity index (χ2v) is 4.45. The number of benzene rings is 1. The standard InChI is InChI=1S/C14H17N3O3/c1-3-11(13-15-9(2)20-17-13)16-14(19)12(18)10-7-5-4-6-8-10/h4-8,11-12,18H,3H2,1-2H3,(H,16,19). The van der Waals surface area contributed by atoms with Gasteiger partial charge >= 0.3 is 0 Å². The van der Waals surface area contributed by atoms with Gasteiger partial charge in [-0.2, -0.15) is 4.98 Å². The van der Waals surface area contributed by atoms with Crippen LogP contribution in [0.15, 0.2) is 34.9 Å². The fraction of sp³-hybridized carbons (Fsp3) is 0.357. The average Bonchev–Trinajstić information content (AvgIpc) is 2.91. The highest BCUT2D eigenvalue weighted by molar-refractivity contribution is 5.82. The molecule has 0 bridgehead atoms. The molecule has 1 heterocycles. The predicted molar refractivity (Wildman–Crippen MR) is 71.6 cm³/mol. The molecule has 20 heavy (non-hydrogen) atoms. The summed E-state index contributed by atoms with van der Waals surface area (Å²) in [5, 5.41) is 16.5. The average molecular weight is 275 g/mol. The number of nitrogens with one attached hydrogen (secondary N) is 1. The van der Waals surface area contributed by atoms with E-state index < -0.39 is 12.0 Å². The van der Waals surface area contributed by atoms with E-state index in [0.29, 0.717) is 23.7 Å². The van der Waals surface area contributed by atoms with Crippen molar-refractivity contribution in [2.24, 2.45) is 0 Å². The number of aliphatic hydroxyl groups is 1. The minimum atomic E-state index is -1.21. The van der Waals surface area contributed by atoms with Crippen LogP contribution < -0.4 is 5.32 Å². The molecule has 1 aromatic heterocycles. The molecule has 2 N–H and O–H groups in total. The molecular formula is C14H17N3O3. The van der Waals surface area contributed by atoms with E-state index in [0.717, 1.165) is 0 Å². The lowest BCUT2D eigenvalue weighted by atomic mass is 10.1. The van der Waals surface area contributed by atoms with Gasteiger partial charge in [-0.1, -0.05) is 42.4 Å². The van der Waals surface area contributed by atoms with Crippen molar-refractivity contribution in [3.63, 3.8) is 0 Å². The first-order valence-corrected chi connectivity index (χ1v) is 6.45. The van der Waals surface area contributed by atoms with Gasteiger partial charge in [0.1, 0.15) is 0 Å². The first-order chi connectivity index (χ1) is 9.61. The predicted octanol–water partition coefficient (Wildman–Crippen LogP) is 1.68. The Labute approximate surface area is 116 Å². The molecule has 0 spiro atoms. The van der Waals surface area contributed by atoms with Crippen LogP contribution >= 0.6 is 0 Å². The van der Waals surface area contributed by atoms with Gasteiger partial charge in [-0.05, 0) is 12.0 Å². The number of rotatable bonds is 5. The summed E-state index contributed by atoms with van der Waals surface area (Å²) in [6.45, 7) is 3.58. The maximum atomic E-state index is 12.0. The fourth-order valence-corrected chi connectivity index (χ4v) is 1.84. The molecule has 106 valence electrons. The molecule has 2 atom stereocenters. The first kappa shape index (κ1) is 14.2. The van der Waals surface area contributed by atoms with Crippen LogP contribution in [0.1, 0.15) is 42.8 Å². The molecule has 0 saturated carbocycles. The number of aromatic nitrogens is 2. The van der Waals surface area contributed by atoms with Crippen LogP contribution in [0.4, 0.5) is 0 Å². The van der Waals surface area contributed by atoms with Gasteiger partial charge in [0.05, 0.1) is 6.04 Å². The molecule has 1 amide bonds. The third-order valence-corrected chi connectivity index (χ3v) is 2.94. The van der Waals surface area contributed by atoms with Gasteiger partial charge < -0.3 is 14.9 Å². The Kier molecular flexibility index (Phi) is 4.47. The van der Waals surface area contributed by atoms with Gasteiger partial charge in [-0.15, -0.1) is 0 Å². The topological polar surface area (TPSA) is 88.2 Å². The fourth-order valence-electron chi connectivity index (χ4n) is 1.84. The van der Waals surface area contributed by atoms with Crippen LogP contribution in [-0.4, -0.2) is 21.2 Å². The van der Waals surface area contributed by atoms with Gasteiger partial charge in [-0.3, -0.25) is 4.79 Å². The van der Waals surface area contributed by atoms with Gasteiger partial charge in [-0.25, -0.2) is 0 Å². The van der Waals surface area contributed by atoms with Crippen molar-refractivity contribution in [2.45, 2.75) is 32.4 Å². The van der Waals surface area contributed by atoms with Crippen molar-refractivity contribution in [2.75, 3.05) is 0 Å². The van der Waals surface area contributed by atoms with Crippen molar-refractivity contribution in [3.05, 3.63) is 47.6 Å². The number of aryl methyl sites for hydroxylation is 1. The van der Waals surface area contributed by atoms with Crippen LogP contribution in [-0.2, 0) is 4.79 Å². The number of carbonyl (C=O) groups excluding carboxylic acids is 1. The van der Waals surface area contributed by atoms with E-state index in [4.69, 9.17) is 4.52 Å². The van der Waals surface area contributed by atoms with Crippen LogP contribution in [0.5, 0.6) is 0 Å². The lowest BCUT2D eigenvalue weighted by Gasteiger charge is -2.16.